The molecule has 2 saturated heterocycles. The summed E-state index contributed by atoms with van der Waals surface area (Å²) < 4.78 is 6.07. The maximum atomic E-state index is 6.07. The Labute approximate surface area is 173 Å². The largest absolute Gasteiger partial charge is 0.381 e. The number of likely N-dealkylation sites (tertiary alicyclic amines) is 1. The summed E-state index contributed by atoms with van der Waals surface area (Å²) in [7, 11) is 2.25. The molecule has 0 amide bonds. The van der Waals surface area contributed by atoms with Crippen molar-refractivity contribution in [3.05, 3.63) is 16.8 Å². The van der Waals surface area contributed by atoms with Crippen LogP contribution in [0.2, 0.25) is 0 Å². The van der Waals surface area contributed by atoms with Crippen molar-refractivity contribution in [3.63, 3.8) is 0 Å². The highest BCUT2D eigenvalue weighted by atomic mass is 32.1. The minimum Gasteiger partial charge on any atom is -0.381 e. The van der Waals surface area contributed by atoms with Gasteiger partial charge in [0.2, 0.25) is 0 Å². The smallest absolute Gasteiger partial charge is 0.141 e. The third kappa shape index (κ3) is 4.19. The number of fused-ring (bicyclic) bond motifs is 1. The summed E-state index contributed by atoms with van der Waals surface area (Å²) in [4.78, 5) is 16.7. The van der Waals surface area contributed by atoms with E-state index in [0.717, 1.165) is 49.4 Å². The fourth-order valence-corrected chi connectivity index (χ4v) is 5.95. The first kappa shape index (κ1) is 20.0. The first-order valence-corrected chi connectivity index (χ1v) is 11.7. The molecule has 2 aromatic rings. The fraction of sp³-hybridized carbons (Fsp3) is 0.727. The zero-order valence-electron chi connectivity index (χ0n) is 17.6. The summed E-state index contributed by atoms with van der Waals surface area (Å²) in [6, 6.07) is 0.740. The molecule has 1 atom stereocenters. The van der Waals surface area contributed by atoms with E-state index in [9.17, 15) is 0 Å². The minimum absolute atomic E-state index is 0.685. The van der Waals surface area contributed by atoms with Crippen LogP contribution in [0.5, 0.6) is 0 Å². The summed E-state index contributed by atoms with van der Waals surface area (Å²) in [6.07, 6.45) is 9.05. The van der Waals surface area contributed by atoms with E-state index in [2.05, 4.69) is 40.7 Å². The normalized spacial score (nSPS) is 21.8. The van der Waals surface area contributed by atoms with Crippen molar-refractivity contribution in [2.75, 3.05) is 44.8 Å². The van der Waals surface area contributed by atoms with Crippen LogP contribution in [-0.2, 0) is 11.2 Å². The summed E-state index contributed by atoms with van der Waals surface area (Å²) in [6.45, 7) is 9.67. The van der Waals surface area contributed by atoms with Crippen molar-refractivity contribution in [2.24, 2.45) is 5.92 Å². The van der Waals surface area contributed by atoms with Crippen LogP contribution in [0.1, 0.15) is 49.5 Å². The van der Waals surface area contributed by atoms with Crippen molar-refractivity contribution in [2.45, 2.75) is 58.4 Å². The second-order valence-corrected chi connectivity index (χ2v) is 9.64. The molecule has 5 nitrogen and oxygen atoms in total. The predicted molar refractivity (Wildman–Crippen MR) is 118 cm³/mol. The Bertz CT molecular complexity index is 784. The zero-order valence-corrected chi connectivity index (χ0v) is 18.4. The van der Waals surface area contributed by atoms with E-state index < -0.39 is 0 Å². The summed E-state index contributed by atoms with van der Waals surface area (Å²) in [5.41, 5.74) is 1.43. The Morgan fingerprint density at radius 1 is 1.18 bits per heavy atom. The molecular weight excluding hydrogens is 368 g/mol. The van der Waals surface area contributed by atoms with Gasteiger partial charge in [-0.05, 0) is 70.5 Å². The Hall–Kier alpha value is -1.24. The molecule has 0 spiro atoms. The van der Waals surface area contributed by atoms with Gasteiger partial charge in [-0.1, -0.05) is 6.92 Å². The Morgan fingerprint density at radius 3 is 2.71 bits per heavy atom. The number of ether oxygens (including phenoxy) is 1. The molecule has 2 aliphatic heterocycles. The Kier molecular flexibility index (Phi) is 6.48. The molecule has 4 heterocycles. The molecule has 28 heavy (non-hydrogen) atoms. The number of piperidine rings is 1. The maximum absolute atomic E-state index is 6.07. The molecule has 6 heteroatoms. The van der Waals surface area contributed by atoms with Crippen molar-refractivity contribution in [1.29, 1.82) is 0 Å². The second-order valence-electron chi connectivity index (χ2n) is 8.44. The van der Waals surface area contributed by atoms with Crippen LogP contribution in [0.25, 0.3) is 10.2 Å². The quantitative estimate of drug-likeness (QED) is 0.647. The molecule has 1 unspecified atom stereocenters. The van der Waals surface area contributed by atoms with Gasteiger partial charge < -0.3 is 14.5 Å². The maximum Gasteiger partial charge on any atom is 0.141 e. The second kappa shape index (κ2) is 9.06. The molecule has 4 rings (SSSR count). The van der Waals surface area contributed by atoms with Gasteiger partial charge in [-0.15, -0.1) is 11.3 Å². The van der Waals surface area contributed by atoms with E-state index >= 15 is 0 Å². The third-order valence-corrected chi connectivity index (χ3v) is 7.71. The average molecular weight is 403 g/mol. The molecule has 2 aromatic heterocycles. The van der Waals surface area contributed by atoms with Crippen molar-refractivity contribution < 1.29 is 4.74 Å². The molecule has 0 aliphatic carbocycles. The van der Waals surface area contributed by atoms with Crippen LogP contribution >= 0.6 is 11.3 Å². The number of hydrogen-bond donors (Lipinski definition) is 0. The lowest BCUT2D eigenvalue weighted by Crippen LogP contribution is -2.36. The highest BCUT2D eigenvalue weighted by Crippen LogP contribution is 2.36. The van der Waals surface area contributed by atoms with Gasteiger partial charge in [0.15, 0.2) is 0 Å². The van der Waals surface area contributed by atoms with Crippen molar-refractivity contribution in [3.8, 4) is 0 Å². The van der Waals surface area contributed by atoms with Gasteiger partial charge in [0.25, 0.3) is 0 Å². The Morgan fingerprint density at radius 2 is 2.00 bits per heavy atom. The minimum atomic E-state index is 0.685. The van der Waals surface area contributed by atoms with Gasteiger partial charge in [0.05, 0.1) is 5.39 Å². The fourth-order valence-electron chi connectivity index (χ4n) is 4.88. The SMILES string of the molecule is CCc1c(C)sc2ncnc(N3CCC(COCCC4CCCN4C)CC3)c12. The molecule has 154 valence electrons. The van der Waals surface area contributed by atoms with Crippen LogP contribution in [-0.4, -0.2) is 60.8 Å². The number of thiophene rings is 1. The number of anilines is 1. The van der Waals surface area contributed by atoms with Gasteiger partial charge in [-0.2, -0.15) is 0 Å². The van der Waals surface area contributed by atoms with Gasteiger partial charge in [0, 0.05) is 37.2 Å². The Balaban J connectivity index is 1.29. The lowest BCUT2D eigenvalue weighted by Gasteiger charge is -2.33. The van der Waals surface area contributed by atoms with Crippen LogP contribution in [0.4, 0.5) is 5.82 Å². The van der Waals surface area contributed by atoms with Gasteiger partial charge in [0.1, 0.15) is 17.0 Å². The first-order chi connectivity index (χ1) is 13.7. The number of aryl methyl sites for hydroxylation is 2. The molecule has 2 fully saturated rings. The first-order valence-electron chi connectivity index (χ1n) is 10.9. The van der Waals surface area contributed by atoms with Crippen molar-refractivity contribution in [1.82, 2.24) is 14.9 Å². The molecule has 0 bridgehead atoms. The number of rotatable bonds is 7. The topological polar surface area (TPSA) is 41.5 Å². The van der Waals surface area contributed by atoms with Gasteiger partial charge in [-0.3, -0.25) is 0 Å². The molecule has 0 aromatic carbocycles. The summed E-state index contributed by atoms with van der Waals surface area (Å²) in [5.74, 6) is 1.83. The van der Waals surface area contributed by atoms with Gasteiger partial charge >= 0.3 is 0 Å². The summed E-state index contributed by atoms with van der Waals surface area (Å²) in [5, 5.41) is 1.29. The zero-order chi connectivity index (χ0) is 19.5. The van der Waals surface area contributed by atoms with Crippen LogP contribution in [0.15, 0.2) is 6.33 Å². The van der Waals surface area contributed by atoms with E-state index in [0.29, 0.717) is 5.92 Å². The highest BCUT2D eigenvalue weighted by molar-refractivity contribution is 7.18. The predicted octanol–water partition coefficient (Wildman–Crippen LogP) is 4.28. The molecule has 0 radical (unpaired) electrons. The van der Waals surface area contributed by atoms with E-state index in [4.69, 9.17) is 4.74 Å². The van der Waals surface area contributed by atoms with Gasteiger partial charge in [-0.25, -0.2) is 9.97 Å². The third-order valence-electron chi connectivity index (χ3n) is 6.66. The van der Waals surface area contributed by atoms with Crippen LogP contribution in [0, 0.1) is 12.8 Å². The molecule has 0 N–H and O–H groups in total. The molecule has 0 saturated carbocycles. The van der Waals surface area contributed by atoms with Crippen molar-refractivity contribution >= 4 is 27.4 Å². The molecular formula is C22H34N4OS. The average Bonchev–Trinajstić information content (AvgIpc) is 3.27. The molecule has 2 aliphatic rings. The van der Waals surface area contributed by atoms with E-state index in [1.54, 1.807) is 17.7 Å². The monoisotopic (exact) mass is 402 g/mol. The van der Waals surface area contributed by atoms with E-state index in [1.165, 1.54) is 54.5 Å². The number of hydrogen-bond acceptors (Lipinski definition) is 6. The lowest BCUT2D eigenvalue weighted by atomic mass is 9.97. The highest BCUT2D eigenvalue weighted by Gasteiger charge is 2.24. The van der Waals surface area contributed by atoms with Crippen LogP contribution in [0.3, 0.4) is 0 Å². The van der Waals surface area contributed by atoms with Crippen LogP contribution < -0.4 is 4.90 Å². The number of nitrogens with zero attached hydrogens (tertiary/aromatic N) is 4. The number of aromatic nitrogens is 2. The standard InChI is InChI=1S/C22H34N4OS/c1-4-19-16(2)28-22-20(19)21(23-15-24-22)26-11-7-17(8-12-26)14-27-13-9-18-6-5-10-25(18)3/h15,17-18H,4-14H2,1-3H3. The van der Waals surface area contributed by atoms with E-state index in [-0.39, 0.29) is 0 Å². The summed E-state index contributed by atoms with van der Waals surface area (Å²) >= 11 is 1.80. The van der Waals surface area contributed by atoms with E-state index in [1.807, 2.05) is 0 Å². The lowest BCUT2D eigenvalue weighted by molar-refractivity contribution is 0.0769.